The van der Waals surface area contributed by atoms with Crippen molar-refractivity contribution in [1.29, 1.82) is 0 Å². The van der Waals surface area contributed by atoms with E-state index in [0.29, 0.717) is 11.7 Å². The van der Waals surface area contributed by atoms with Crippen LogP contribution in [-0.2, 0) is 6.42 Å². The molecule has 0 saturated heterocycles. The van der Waals surface area contributed by atoms with E-state index in [0.717, 1.165) is 29.8 Å². The predicted octanol–water partition coefficient (Wildman–Crippen LogP) is 4.40. The van der Waals surface area contributed by atoms with Crippen molar-refractivity contribution in [3.05, 3.63) is 65.5 Å². The molecule has 2 aromatic carbocycles. The van der Waals surface area contributed by atoms with Crippen molar-refractivity contribution in [2.24, 2.45) is 0 Å². The van der Waals surface area contributed by atoms with Gasteiger partial charge in [0.15, 0.2) is 5.13 Å². The van der Waals surface area contributed by atoms with E-state index >= 15 is 0 Å². The molecule has 4 heteroatoms. The van der Waals surface area contributed by atoms with Gasteiger partial charge in [0.05, 0.1) is 12.3 Å². The van der Waals surface area contributed by atoms with E-state index in [1.807, 2.05) is 35.7 Å². The number of para-hydroxylation sites is 1. The van der Waals surface area contributed by atoms with Gasteiger partial charge in [-0.2, -0.15) is 0 Å². The molecule has 22 heavy (non-hydrogen) atoms. The maximum absolute atomic E-state index is 5.95. The van der Waals surface area contributed by atoms with Crippen molar-refractivity contribution >= 4 is 16.5 Å². The average molecular weight is 310 g/mol. The summed E-state index contributed by atoms with van der Waals surface area (Å²) >= 11 is 1.44. The van der Waals surface area contributed by atoms with Gasteiger partial charge in [0.2, 0.25) is 0 Å². The third-order valence-electron chi connectivity index (χ3n) is 3.40. The van der Waals surface area contributed by atoms with Crippen molar-refractivity contribution < 1.29 is 4.74 Å². The van der Waals surface area contributed by atoms with Crippen LogP contribution in [0.2, 0.25) is 0 Å². The summed E-state index contributed by atoms with van der Waals surface area (Å²) in [6.07, 6.45) is 2.00. The Labute approximate surface area is 134 Å². The number of aryl methyl sites for hydroxylation is 1. The first-order valence-corrected chi connectivity index (χ1v) is 8.18. The van der Waals surface area contributed by atoms with Crippen molar-refractivity contribution in [3.8, 4) is 17.0 Å². The van der Waals surface area contributed by atoms with E-state index in [4.69, 9.17) is 10.5 Å². The standard InChI is InChI=1S/C18H18N2OS/c19-18-20-16(13-22-18)15-10-4-5-11-17(15)21-12-6-9-14-7-2-1-3-8-14/h1-5,7-8,10-11,13H,6,9,12H2,(H2,19,20). The summed E-state index contributed by atoms with van der Waals surface area (Å²) in [6, 6.07) is 18.4. The molecule has 0 saturated carbocycles. The van der Waals surface area contributed by atoms with Gasteiger partial charge < -0.3 is 10.5 Å². The zero-order chi connectivity index (χ0) is 15.2. The second-order valence-electron chi connectivity index (χ2n) is 5.00. The Morgan fingerprint density at radius 1 is 1.00 bits per heavy atom. The minimum Gasteiger partial charge on any atom is -0.493 e. The Hall–Kier alpha value is -2.33. The topological polar surface area (TPSA) is 48.1 Å². The zero-order valence-corrected chi connectivity index (χ0v) is 13.1. The third-order valence-corrected chi connectivity index (χ3v) is 4.07. The number of nitrogen functional groups attached to an aromatic ring is 1. The van der Waals surface area contributed by atoms with Gasteiger partial charge in [-0.25, -0.2) is 4.98 Å². The van der Waals surface area contributed by atoms with Gasteiger partial charge in [0.25, 0.3) is 0 Å². The fourth-order valence-electron chi connectivity index (χ4n) is 2.32. The largest absolute Gasteiger partial charge is 0.493 e. The minimum absolute atomic E-state index is 0.578. The van der Waals surface area contributed by atoms with E-state index in [2.05, 4.69) is 29.2 Å². The molecule has 3 aromatic rings. The molecule has 0 aliphatic rings. The first-order chi connectivity index (χ1) is 10.8. The molecule has 1 heterocycles. The van der Waals surface area contributed by atoms with Crippen LogP contribution in [0.15, 0.2) is 60.0 Å². The quantitative estimate of drug-likeness (QED) is 0.686. The van der Waals surface area contributed by atoms with Gasteiger partial charge in [0, 0.05) is 10.9 Å². The van der Waals surface area contributed by atoms with Crippen LogP contribution < -0.4 is 10.5 Å². The van der Waals surface area contributed by atoms with Crippen molar-refractivity contribution in [3.63, 3.8) is 0 Å². The Morgan fingerprint density at radius 2 is 1.77 bits per heavy atom. The van der Waals surface area contributed by atoms with Crippen LogP contribution in [0.4, 0.5) is 5.13 Å². The minimum atomic E-state index is 0.578. The monoisotopic (exact) mass is 310 g/mol. The first-order valence-electron chi connectivity index (χ1n) is 7.30. The number of nitrogens with zero attached hydrogens (tertiary/aromatic N) is 1. The summed E-state index contributed by atoms with van der Waals surface area (Å²) in [6.45, 7) is 0.686. The molecule has 1 aromatic heterocycles. The molecule has 3 rings (SSSR count). The summed E-state index contributed by atoms with van der Waals surface area (Å²) in [4.78, 5) is 4.33. The summed E-state index contributed by atoms with van der Waals surface area (Å²) in [5, 5.41) is 2.54. The number of hydrogen-bond acceptors (Lipinski definition) is 4. The Balaban J connectivity index is 1.61. The highest BCUT2D eigenvalue weighted by molar-refractivity contribution is 7.13. The second kappa shape index (κ2) is 7.09. The average Bonchev–Trinajstić information content (AvgIpc) is 2.99. The first kappa shape index (κ1) is 14.6. The lowest BCUT2D eigenvalue weighted by atomic mass is 10.1. The molecule has 0 spiro atoms. The summed E-state index contributed by atoms with van der Waals surface area (Å²) in [5.74, 6) is 0.862. The fourth-order valence-corrected chi connectivity index (χ4v) is 2.88. The predicted molar refractivity (Wildman–Crippen MR) is 92.2 cm³/mol. The lowest BCUT2D eigenvalue weighted by Crippen LogP contribution is -2.00. The van der Waals surface area contributed by atoms with Gasteiger partial charge in [-0.3, -0.25) is 0 Å². The third kappa shape index (κ3) is 3.65. The Kier molecular flexibility index (Phi) is 4.71. The van der Waals surface area contributed by atoms with Crippen molar-refractivity contribution in [1.82, 2.24) is 4.98 Å². The summed E-state index contributed by atoms with van der Waals surface area (Å²) < 4.78 is 5.95. The van der Waals surface area contributed by atoms with Crippen LogP contribution in [-0.4, -0.2) is 11.6 Å². The molecule has 3 nitrogen and oxygen atoms in total. The van der Waals surface area contributed by atoms with E-state index in [-0.39, 0.29) is 0 Å². The molecule has 0 atom stereocenters. The number of benzene rings is 2. The van der Waals surface area contributed by atoms with Crippen LogP contribution >= 0.6 is 11.3 Å². The van der Waals surface area contributed by atoms with Crippen molar-refractivity contribution in [2.75, 3.05) is 12.3 Å². The number of rotatable bonds is 6. The van der Waals surface area contributed by atoms with E-state index < -0.39 is 0 Å². The van der Waals surface area contributed by atoms with E-state index in [1.54, 1.807) is 0 Å². The van der Waals surface area contributed by atoms with Gasteiger partial charge in [0.1, 0.15) is 5.75 Å². The van der Waals surface area contributed by atoms with Crippen molar-refractivity contribution in [2.45, 2.75) is 12.8 Å². The van der Waals surface area contributed by atoms with Gasteiger partial charge in [-0.15, -0.1) is 11.3 Å². The molecule has 0 aliphatic heterocycles. The molecule has 0 aliphatic carbocycles. The highest BCUT2D eigenvalue weighted by Gasteiger charge is 2.08. The number of nitrogens with two attached hydrogens (primary N) is 1. The summed E-state index contributed by atoms with van der Waals surface area (Å²) in [5.41, 5.74) is 8.93. The van der Waals surface area contributed by atoms with Crippen LogP contribution in [0.3, 0.4) is 0 Å². The second-order valence-corrected chi connectivity index (χ2v) is 5.89. The fraction of sp³-hybridized carbons (Fsp3) is 0.167. The maximum atomic E-state index is 5.95. The highest BCUT2D eigenvalue weighted by Crippen LogP contribution is 2.31. The van der Waals surface area contributed by atoms with E-state index in [1.165, 1.54) is 16.9 Å². The molecule has 2 N–H and O–H groups in total. The number of hydrogen-bond donors (Lipinski definition) is 1. The van der Waals surface area contributed by atoms with Gasteiger partial charge >= 0.3 is 0 Å². The maximum Gasteiger partial charge on any atom is 0.180 e. The lowest BCUT2D eigenvalue weighted by molar-refractivity contribution is 0.312. The highest BCUT2D eigenvalue weighted by atomic mass is 32.1. The molecular formula is C18H18N2OS. The summed E-state index contributed by atoms with van der Waals surface area (Å²) in [7, 11) is 0. The van der Waals surface area contributed by atoms with Gasteiger partial charge in [-0.05, 0) is 30.5 Å². The molecule has 0 fully saturated rings. The SMILES string of the molecule is Nc1nc(-c2ccccc2OCCCc2ccccc2)cs1. The number of ether oxygens (including phenoxy) is 1. The molecule has 0 amide bonds. The van der Waals surface area contributed by atoms with Crippen LogP contribution in [0, 0.1) is 0 Å². The number of aromatic nitrogens is 1. The normalized spacial score (nSPS) is 10.5. The lowest BCUT2D eigenvalue weighted by Gasteiger charge is -2.10. The van der Waals surface area contributed by atoms with Crippen LogP contribution in [0.1, 0.15) is 12.0 Å². The Bertz CT molecular complexity index is 725. The smallest absolute Gasteiger partial charge is 0.180 e. The van der Waals surface area contributed by atoms with Crippen LogP contribution in [0.5, 0.6) is 5.75 Å². The zero-order valence-electron chi connectivity index (χ0n) is 12.2. The number of anilines is 1. The van der Waals surface area contributed by atoms with E-state index in [9.17, 15) is 0 Å². The molecule has 0 unspecified atom stereocenters. The van der Waals surface area contributed by atoms with Crippen LogP contribution in [0.25, 0.3) is 11.3 Å². The van der Waals surface area contributed by atoms with Gasteiger partial charge in [-0.1, -0.05) is 42.5 Å². The number of thiazole rings is 1. The molecular weight excluding hydrogens is 292 g/mol. The molecule has 112 valence electrons. The molecule has 0 bridgehead atoms. The Morgan fingerprint density at radius 3 is 2.55 bits per heavy atom. The molecule has 0 radical (unpaired) electrons.